The summed E-state index contributed by atoms with van der Waals surface area (Å²) in [7, 11) is 0. The largest absolute Gasteiger partial charge is 0.319 e. The standard InChI is InChI=1S/C14H8Cl2N2OS.ClH/c15-8-3-1-4-9(16)12(8)14(19)18-10-7-20-11-5-2-6-17-13(10)11;/h1-7H,(H,18,19);1H. The minimum absolute atomic E-state index is 0. The molecular formula is C14H9Cl3N2OS. The smallest absolute Gasteiger partial charge is 0.258 e. The Kier molecular flexibility index (Phi) is 5.06. The lowest BCUT2D eigenvalue weighted by Crippen LogP contribution is -2.12. The van der Waals surface area contributed by atoms with E-state index in [2.05, 4.69) is 10.3 Å². The topological polar surface area (TPSA) is 42.0 Å². The Hall–Kier alpha value is -1.33. The Labute approximate surface area is 141 Å². The van der Waals surface area contributed by atoms with E-state index in [1.807, 2.05) is 17.5 Å². The predicted molar refractivity (Wildman–Crippen MR) is 91.3 cm³/mol. The monoisotopic (exact) mass is 358 g/mol. The molecular weight excluding hydrogens is 351 g/mol. The van der Waals surface area contributed by atoms with Gasteiger partial charge in [-0.2, -0.15) is 0 Å². The van der Waals surface area contributed by atoms with Crippen LogP contribution in [0.25, 0.3) is 10.2 Å². The maximum absolute atomic E-state index is 12.3. The summed E-state index contributed by atoms with van der Waals surface area (Å²) in [6.07, 6.45) is 1.69. The summed E-state index contributed by atoms with van der Waals surface area (Å²) in [6.45, 7) is 0. The molecule has 1 aromatic carbocycles. The van der Waals surface area contributed by atoms with Gasteiger partial charge in [0.15, 0.2) is 0 Å². The van der Waals surface area contributed by atoms with Crippen LogP contribution in [0.3, 0.4) is 0 Å². The van der Waals surface area contributed by atoms with E-state index >= 15 is 0 Å². The number of hydrogen-bond donors (Lipinski definition) is 1. The second kappa shape index (κ2) is 6.62. The molecule has 0 unspecified atom stereocenters. The molecule has 0 saturated heterocycles. The molecule has 3 aromatic rings. The van der Waals surface area contributed by atoms with Gasteiger partial charge in [-0.1, -0.05) is 29.3 Å². The number of halogens is 3. The third-order valence-electron chi connectivity index (χ3n) is 2.77. The van der Waals surface area contributed by atoms with Crippen LogP contribution in [-0.2, 0) is 0 Å². The first kappa shape index (κ1) is 16.0. The lowest BCUT2D eigenvalue weighted by molar-refractivity contribution is 0.102. The minimum Gasteiger partial charge on any atom is -0.319 e. The number of fused-ring (bicyclic) bond motifs is 1. The zero-order valence-electron chi connectivity index (χ0n) is 10.5. The fraction of sp³-hybridized carbons (Fsp3) is 0. The molecule has 0 radical (unpaired) electrons. The number of amides is 1. The zero-order chi connectivity index (χ0) is 14.1. The van der Waals surface area contributed by atoms with Gasteiger partial charge in [0.1, 0.15) is 5.52 Å². The molecule has 0 aliphatic heterocycles. The van der Waals surface area contributed by atoms with E-state index in [-0.39, 0.29) is 23.9 Å². The van der Waals surface area contributed by atoms with Crippen LogP contribution < -0.4 is 5.32 Å². The Balaban J connectivity index is 0.00000161. The lowest BCUT2D eigenvalue weighted by atomic mass is 10.2. The summed E-state index contributed by atoms with van der Waals surface area (Å²) < 4.78 is 1.01. The number of carbonyl (C=O) groups excluding carboxylic acids is 1. The molecule has 7 heteroatoms. The number of carbonyl (C=O) groups is 1. The SMILES string of the molecule is Cl.O=C(Nc1csc2cccnc12)c1c(Cl)cccc1Cl. The molecule has 21 heavy (non-hydrogen) atoms. The Bertz CT molecular complexity index is 784. The molecule has 1 N–H and O–H groups in total. The molecule has 0 fully saturated rings. The minimum atomic E-state index is -0.342. The van der Waals surface area contributed by atoms with Crippen LogP contribution >= 0.6 is 46.9 Å². The van der Waals surface area contributed by atoms with E-state index in [0.29, 0.717) is 15.7 Å². The van der Waals surface area contributed by atoms with Crippen molar-refractivity contribution in [2.75, 3.05) is 5.32 Å². The average molecular weight is 360 g/mol. The molecule has 2 heterocycles. The fourth-order valence-electron chi connectivity index (χ4n) is 1.85. The average Bonchev–Trinajstić information content (AvgIpc) is 2.82. The number of rotatable bonds is 2. The molecule has 1 amide bonds. The second-order valence-electron chi connectivity index (χ2n) is 4.05. The second-order valence-corrected chi connectivity index (χ2v) is 5.78. The van der Waals surface area contributed by atoms with E-state index in [1.165, 1.54) is 11.3 Å². The van der Waals surface area contributed by atoms with Crippen LogP contribution in [-0.4, -0.2) is 10.9 Å². The number of hydrogen-bond acceptors (Lipinski definition) is 3. The quantitative estimate of drug-likeness (QED) is 0.676. The van der Waals surface area contributed by atoms with Crippen LogP contribution in [0.5, 0.6) is 0 Å². The molecule has 0 spiro atoms. The highest BCUT2D eigenvalue weighted by atomic mass is 35.5. The zero-order valence-corrected chi connectivity index (χ0v) is 13.6. The number of anilines is 1. The Morgan fingerprint density at radius 1 is 1.14 bits per heavy atom. The summed E-state index contributed by atoms with van der Waals surface area (Å²) in [4.78, 5) is 16.6. The van der Waals surface area contributed by atoms with Crippen LogP contribution in [0.1, 0.15) is 10.4 Å². The Morgan fingerprint density at radius 2 is 1.86 bits per heavy atom. The van der Waals surface area contributed by atoms with E-state index in [0.717, 1.165) is 10.2 Å². The molecule has 0 aliphatic carbocycles. The summed E-state index contributed by atoms with van der Waals surface area (Å²) in [5, 5.41) is 5.29. The van der Waals surface area contributed by atoms with Gasteiger partial charge in [0.05, 0.1) is 26.0 Å². The van der Waals surface area contributed by atoms with Crippen molar-refractivity contribution in [1.82, 2.24) is 4.98 Å². The van der Waals surface area contributed by atoms with Gasteiger partial charge in [0.25, 0.3) is 5.91 Å². The van der Waals surface area contributed by atoms with Gasteiger partial charge in [-0.15, -0.1) is 23.7 Å². The van der Waals surface area contributed by atoms with Crippen molar-refractivity contribution < 1.29 is 4.79 Å². The van der Waals surface area contributed by atoms with Gasteiger partial charge in [-0.05, 0) is 24.3 Å². The molecule has 0 atom stereocenters. The molecule has 3 nitrogen and oxygen atoms in total. The highest BCUT2D eigenvalue weighted by Gasteiger charge is 2.16. The number of aromatic nitrogens is 1. The van der Waals surface area contributed by atoms with Gasteiger partial charge in [0.2, 0.25) is 0 Å². The van der Waals surface area contributed by atoms with Gasteiger partial charge in [-0.25, -0.2) is 0 Å². The third-order valence-corrected chi connectivity index (χ3v) is 4.33. The van der Waals surface area contributed by atoms with Gasteiger partial charge in [-0.3, -0.25) is 9.78 Å². The number of thiophene rings is 1. The normalized spacial score (nSPS) is 10.2. The van der Waals surface area contributed by atoms with Crippen molar-refractivity contribution in [3.8, 4) is 0 Å². The summed E-state index contributed by atoms with van der Waals surface area (Å²) in [6, 6.07) is 8.77. The molecule has 3 rings (SSSR count). The summed E-state index contributed by atoms with van der Waals surface area (Å²) in [5.74, 6) is -0.342. The van der Waals surface area contributed by atoms with Crippen LogP contribution in [0, 0.1) is 0 Å². The number of benzene rings is 1. The maximum atomic E-state index is 12.3. The van der Waals surface area contributed by atoms with Crippen molar-refractivity contribution in [1.29, 1.82) is 0 Å². The highest BCUT2D eigenvalue weighted by molar-refractivity contribution is 7.17. The number of pyridine rings is 1. The highest BCUT2D eigenvalue weighted by Crippen LogP contribution is 2.30. The number of nitrogens with zero attached hydrogens (tertiary/aromatic N) is 1. The van der Waals surface area contributed by atoms with Crippen molar-refractivity contribution in [3.05, 3.63) is 57.5 Å². The van der Waals surface area contributed by atoms with E-state index in [1.54, 1.807) is 24.4 Å². The third kappa shape index (κ3) is 3.14. The van der Waals surface area contributed by atoms with E-state index in [9.17, 15) is 4.79 Å². The summed E-state index contributed by atoms with van der Waals surface area (Å²) in [5.41, 5.74) is 1.69. The Morgan fingerprint density at radius 3 is 2.57 bits per heavy atom. The van der Waals surface area contributed by atoms with E-state index in [4.69, 9.17) is 23.2 Å². The first-order valence-electron chi connectivity index (χ1n) is 5.74. The van der Waals surface area contributed by atoms with Gasteiger partial charge < -0.3 is 5.32 Å². The fourth-order valence-corrected chi connectivity index (χ4v) is 3.27. The van der Waals surface area contributed by atoms with Crippen molar-refractivity contribution in [2.24, 2.45) is 0 Å². The van der Waals surface area contributed by atoms with Crippen LogP contribution in [0.2, 0.25) is 10.0 Å². The molecule has 0 saturated carbocycles. The van der Waals surface area contributed by atoms with E-state index < -0.39 is 0 Å². The van der Waals surface area contributed by atoms with Crippen molar-refractivity contribution in [2.45, 2.75) is 0 Å². The van der Waals surface area contributed by atoms with Crippen LogP contribution in [0.15, 0.2) is 41.9 Å². The van der Waals surface area contributed by atoms with Crippen LogP contribution in [0.4, 0.5) is 5.69 Å². The first-order valence-corrected chi connectivity index (χ1v) is 7.38. The first-order chi connectivity index (χ1) is 9.66. The molecule has 0 aliphatic rings. The van der Waals surface area contributed by atoms with Crippen molar-refractivity contribution >= 4 is 68.8 Å². The molecule has 108 valence electrons. The number of nitrogens with one attached hydrogen (secondary N) is 1. The van der Waals surface area contributed by atoms with Gasteiger partial charge >= 0.3 is 0 Å². The summed E-state index contributed by atoms with van der Waals surface area (Å²) >= 11 is 13.6. The molecule has 0 bridgehead atoms. The lowest BCUT2D eigenvalue weighted by Gasteiger charge is -2.07. The van der Waals surface area contributed by atoms with Gasteiger partial charge in [0, 0.05) is 11.6 Å². The van der Waals surface area contributed by atoms with Crippen molar-refractivity contribution in [3.63, 3.8) is 0 Å². The maximum Gasteiger partial charge on any atom is 0.258 e. The predicted octanol–water partition coefficient (Wildman–Crippen LogP) is 5.28. The molecule has 2 aromatic heterocycles.